The second kappa shape index (κ2) is 5.81. The Morgan fingerprint density at radius 3 is 2.14 bits per heavy atom. The Morgan fingerprint density at radius 2 is 1.59 bits per heavy atom. The zero-order chi connectivity index (χ0) is 16.5. The van der Waals surface area contributed by atoms with E-state index in [1.54, 1.807) is 26.0 Å². The number of sulfonamides is 1. The van der Waals surface area contributed by atoms with Crippen LogP contribution in [0, 0.1) is 20.8 Å². The minimum absolute atomic E-state index is 0.133. The smallest absolute Gasteiger partial charge is 0.262 e. The summed E-state index contributed by atoms with van der Waals surface area (Å²) in [5, 5.41) is 0. The molecule has 2 aromatic rings. The van der Waals surface area contributed by atoms with E-state index in [-0.39, 0.29) is 16.1 Å². The van der Waals surface area contributed by atoms with E-state index < -0.39 is 15.9 Å². The predicted octanol–water partition coefficient (Wildman–Crippen LogP) is 2.51. The highest BCUT2D eigenvalue weighted by molar-refractivity contribution is 7.92. The van der Waals surface area contributed by atoms with Crippen molar-refractivity contribution in [1.29, 1.82) is 0 Å². The molecule has 0 unspecified atom stereocenters. The Labute approximate surface area is 130 Å². The lowest BCUT2D eigenvalue weighted by atomic mass is 10.1. The van der Waals surface area contributed by atoms with Gasteiger partial charge in [-0.05, 0) is 44.0 Å². The standard InChI is InChI=1S/C16H18N2O3S/c1-10-8-11(2)15(12(3)9-10)22(20,21)18-14-7-5-4-6-13(14)16(17)19/h4-9,18H,1-3H3,(H2,17,19). The van der Waals surface area contributed by atoms with Gasteiger partial charge in [-0.1, -0.05) is 29.8 Å². The third kappa shape index (κ3) is 3.12. The van der Waals surface area contributed by atoms with Gasteiger partial charge in [-0.25, -0.2) is 8.42 Å². The Kier molecular flexibility index (Phi) is 4.23. The number of hydrogen-bond donors (Lipinski definition) is 2. The number of hydrogen-bond acceptors (Lipinski definition) is 3. The largest absolute Gasteiger partial charge is 0.366 e. The summed E-state index contributed by atoms with van der Waals surface area (Å²) in [6.07, 6.45) is 0. The zero-order valence-corrected chi connectivity index (χ0v) is 13.5. The summed E-state index contributed by atoms with van der Waals surface area (Å²) < 4.78 is 27.8. The van der Waals surface area contributed by atoms with E-state index in [4.69, 9.17) is 5.73 Å². The van der Waals surface area contributed by atoms with Crippen molar-refractivity contribution >= 4 is 21.6 Å². The van der Waals surface area contributed by atoms with E-state index in [0.29, 0.717) is 11.1 Å². The number of carbonyl (C=O) groups is 1. The lowest BCUT2D eigenvalue weighted by Gasteiger charge is -2.15. The van der Waals surface area contributed by atoms with Gasteiger partial charge in [-0.15, -0.1) is 0 Å². The van der Waals surface area contributed by atoms with Crippen molar-refractivity contribution in [3.8, 4) is 0 Å². The normalized spacial score (nSPS) is 11.2. The Hall–Kier alpha value is -2.34. The molecular formula is C16H18N2O3S. The minimum Gasteiger partial charge on any atom is -0.366 e. The maximum atomic E-state index is 12.7. The fourth-order valence-corrected chi connectivity index (χ4v) is 4.11. The van der Waals surface area contributed by atoms with Crippen LogP contribution in [-0.2, 0) is 10.0 Å². The van der Waals surface area contributed by atoms with Crippen LogP contribution in [0.1, 0.15) is 27.0 Å². The maximum absolute atomic E-state index is 12.7. The van der Waals surface area contributed by atoms with E-state index in [1.807, 2.05) is 19.1 Å². The number of nitrogens with one attached hydrogen (secondary N) is 1. The molecule has 0 aliphatic heterocycles. The molecule has 0 fully saturated rings. The first-order chi connectivity index (χ1) is 10.2. The van der Waals surface area contributed by atoms with E-state index in [9.17, 15) is 13.2 Å². The molecule has 0 radical (unpaired) electrons. The maximum Gasteiger partial charge on any atom is 0.262 e. The molecule has 6 heteroatoms. The van der Waals surface area contributed by atoms with Crippen LogP contribution in [-0.4, -0.2) is 14.3 Å². The fourth-order valence-electron chi connectivity index (χ4n) is 2.57. The summed E-state index contributed by atoms with van der Waals surface area (Å²) in [5.41, 5.74) is 7.89. The van der Waals surface area contributed by atoms with Crippen molar-refractivity contribution in [3.63, 3.8) is 0 Å². The Balaban J connectivity index is 2.53. The molecule has 0 heterocycles. The summed E-state index contributed by atoms with van der Waals surface area (Å²) in [4.78, 5) is 11.6. The Bertz CT molecular complexity index is 819. The third-order valence-corrected chi connectivity index (χ3v) is 4.98. The van der Waals surface area contributed by atoms with Crippen LogP contribution in [0.4, 0.5) is 5.69 Å². The molecule has 0 aliphatic carbocycles. The van der Waals surface area contributed by atoms with Gasteiger partial charge >= 0.3 is 0 Å². The summed E-state index contributed by atoms with van der Waals surface area (Å²) >= 11 is 0. The van der Waals surface area contributed by atoms with Crippen LogP contribution in [0.5, 0.6) is 0 Å². The van der Waals surface area contributed by atoms with Crippen LogP contribution in [0.25, 0.3) is 0 Å². The van der Waals surface area contributed by atoms with E-state index in [0.717, 1.165) is 5.56 Å². The van der Waals surface area contributed by atoms with Crippen molar-refractivity contribution < 1.29 is 13.2 Å². The van der Waals surface area contributed by atoms with E-state index in [2.05, 4.69) is 4.72 Å². The zero-order valence-electron chi connectivity index (χ0n) is 12.7. The summed E-state index contributed by atoms with van der Waals surface area (Å²) in [6.45, 7) is 5.40. The Morgan fingerprint density at radius 1 is 1.05 bits per heavy atom. The average molecular weight is 318 g/mol. The van der Waals surface area contributed by atoms with Crippen molar-refractivity contribution in [2.45, 2.75) is 25.7 Å². The molecule has 116 valence electrons. The highest BCUT2D eigenvalue weighted by atomic mass is 32.2. The molecule has 5 nitrogen and oxygen atoms in total. The van der Waals surface area contributed by atoms with Gasteiger partial charge in [-0.3, -0.25) is 9.52 Å². The van der Waals surface area contributed by atoms with E-state index >= 15 is 0 Å². The van der Waals surface area contributed by atoms with Gasteiger partial charge in [0, 0.05) is 0 Å². The van der Waals surface area contributed by atoms with Crippen LogP contribution in [0.2, 0.25) is 0 Å². The summed E-state index contributed by atoms with van der Waals surface area (Å²) in [7, 11) is -3.81. The number of rotatable bonds is 4. The first kappa shape index (κ1) is 16.0. The molecule has 2 rings (SSSR count). The fraction of sp³-hybridized carbons (Fsp3) is 0.188. The molecule has 3 N–H and O–H groups in total. The minimum atomic E-state index is -3.81. The number of primary amides is 1. The third-order valence-electron chi connectivity index (χ3n) is 3.31. The number of benzene rings is 2. The average Bonchev–Trinajstić information content (AvgIpc) is 2.36. The molecular weight excluding hydrogens is 300 g/mol. The van der Waals surface area contributed by atoms with Crippen molar-refractivity contribution in [1.82, 2.24) is 0 Å². The van der Waals surface area contributed by atoms with Gasteiger partial charge in [-0.2, -0.15) is 0 Å². The number of para-hydroxylation sites is 1. The molecule has 1 amide bonds. The van der Waals surface area contributed by atoms with Crippen LogP contribution in [0.15, 0.2) is 41.3 Å². The van der Waals surface area contributed by atoms with Crippen LogP contribution < -0.4 is 10.5 Å². The number of amides is 1. The SMILES string of the molecule is Cc1cc(C)c(S(=O)(=O)Nc2ccccc2C(N)=O)c(C)c1. The van der Waals surface area contributed by atoms with Crippen LogP contribution in [0.3, 0.4) is 0 Å². The molecule has 0 bridgehead atoms. The van der Waals surface area contributed by atoms with Crippen molar-refractivity contribution in [2.24, 2.45) is 5.73 Å². The molecule has 0 spiro atoms. The predicted molar refractivity (Wildman–Crippen MR) is 86.4 cm³/mol. The lowest BCUT2D eigenvalue weighted by Crippen LogP contribution is -2.20. The topological polar surface area (TPSA) is 89.3 Å². The van der Waals surface area contributed by atoms with Crippen molar-refractivity contribution in [2.75, 3.05) is 4.72 Å². The first-order valence-corrected chi connectivity index (χ1v) is 8.20. The van der Waals surface area contributed by atoms with Gasteiger partial charge in [0.25, 0.3) is 15.9 Å². The monoisotopic (exact) mass is 318 g/mol. The molecule has 22 heavy (non-hydrogen) atoms. The molecule has 0 aromatic heterocycles. The van der Waals surface area contributed by atoms with Gasteiger partial charge in [0.05, 0.1) is 16.1 Å². The highest BCUT2D eigenvalue weighted by Crippen LogP contribution is 2.25. The molecule has 0 saturated heterocycles. The highest BCUT2D eigenvalue weighted by Gasteiger charge is 2.21. The number of anilines is 1. The molecule has 0 aliphatic rings. The van der Waals surface area contributed by atoms with Gasteiger partial charge in [0.1, 0.15) is 0 Å². The second-order valence-electron chi connectivity index (χ2n) is 5.24. The van der Waals surface area contributed by atoms with Crippen molar-refractivity contribution in [3.05, 3.63) is 58.7 Å². The van der Waals surface area contributed by atoms with Gasteiger partial charge in [0.15, 0.2) is 0 Å². The van der Waals surface area contributed by atoms with Crippen LogP contribution >= 0.6 is 0 Å². The number of aryl methyl sites for hydroxylation is 3. The lowest BCUT2D eigenvalue weighted by molar-refractivity contribution is 0.100. The summed E-state index contributed by atoms with van der Waals surface area (Å²) in [6, 6.07) is 9.87. The summed E-state index contributed by atoms with van der Waals surface area (Å²) in [5.74, 6) is -0.685. The molecule has 0 atom stereocenters. The second-order valence-corrected chi connectivity index (χ2v) is 6.86. The van der Waals surface area contributed by atoms with Gasteiger partial charge in [0.2, 0.25) is 0 Å². The number of carbonyl (C=O) groups excluding carboxylic acids is 1. The first-order valence-electron chi connectivity index (χ1n) is 6.72. The quantitative estimate of drug-likeness (QED) is 0.907. The number of nitrogens with two attached hydrogens (primary N) is 1. The van der Waals surface area contributed by atoms with E-state index in [1.165, 1.54) is 12.1 Å². The molecule has 2 aromatic carbocycles. The molecule has 0 saturated carbocycles. The van der Waals surface area contributed by atoms with Gasteiger partial charge < -0.3 is 5.73 Å².